The van der Waals surface area contributed by atoms with Gasteiger partial charge in [0.1, 0.15) is 16.1 Å². The predicted octanol–water partition coefficient (Wildman–Crippen LogP) is 1.90. The average Bonchev–Trinajstić information content (AvgIpc) is 2.90. The fourth-order valence-corrected chi connectivity index (χ4v) is 4.18. The molecule has 1 aliphatic heterocycles. The van der Waals surface area contributed by atoms with Gasteiger partial charge in [-0.2, -0.15) is 4.98 Å². The summed E-state index contributed by atoms with van der Waals surface area (Å²) in [6, 6.07) is 0. The summed E-state index contributed by atoms with van der Waals surface area (Å²) in [6.07, 6.45) is 3.89. The lowest BCUT2D eigenvalue weighted by Crippen LogP contribution is -2.32. The standard InChI is InChI=1S/C13H17N5OS2/c1-8-2-4-18(5-3-8)13-17-11-10(21-13)12(16-7-15-11)20-6-9(14)19/h7-8H,2-6H2,1H3,(H2,14,19). The van der Waals surface area contributed by atoms with Crippen molar-refractivity contribution in [3.63, 3.8) is 0 Å². The Balaban J connectivity index is 1.85. The maximum atomic E-state index is 10.9. The third-order valence-electron chi connectivity index (χ3n) is 3.55. The monoisotopic (exact) mass is 323 g/mol. The van der Waals surface area contributed by atoms with Crippen molar-refractivity contribution in [3.8, 4) is 0 Å². The number of carbonyl (C=O) groups excluding carboxylic acids is 1. The molecule has 0 saturated carbocycles. The largest absolute Gasteiger partial charge is 0.369 e. The number of aromatic nitrogens is 3. The molecular weight excluding hydrogens is 306 g/mol. The third kappa shape index (κ3) is 3.26. The first kappa shape index (κ1) is 14.5. The SMILES string of the molecule is CC1CCN(c2nc3ncnc(SCC(N)=O)c3s2)CC1. The lowest BCUT2D eigenvalue weighted by atomic mass is 10.00. The molecule has 1 amide bonds. The molecule has 2 aromatic rings. The molecule has 0 atom stereocenters. The Morgan fingerprint density at radius 3 is 2.95 bits per heavy atom. The van der Waals surface area contributed by atoms with Crippen LogP contribution in [0, 0.1) is 5.92 Å². The van der Waals surface area contributed by atoms with Crippen LogP contribution in [-0.2, 0) is 4.79 Å². The van der Waals surface area contributed by atoms with Gasteiger partial charge in [0, 0.05) is 13.1 Å². The molecule has 0 unspecified atom stereocenters. The zero-order valence-electron chi connectivity index (χ0n) is 11.8. The number of thioether (sulfide) groups is 1. The van der Waals surface area contributed by atoms with Gasteiger partial charge in [-0.25, -0.2) is 9.97 Å². The summed E-state index contributed by atoms with van der Waals surface area (Å²) in [5.74, 6) is 0.666. The minimum atomic E-state index is -0.346. The van der Waals surface area contributed by atoms with Crippen LogP contribution in [0.3, 0.4) is 0 Å². The van der Waals surface area contributed by atoms with Crippen molar-refractivity contribution in [3.05, 3.63) is 6.33 Å². The average molecular weight is 323 g/mol. The molecule has 0 aliphatic carbocycles. The van der Waals surface area contributed by atoms with Crippen molar-refractivity contribution < 1.29 is 4.79 Å². The Morgan fingerprint density at radius 1 is 1.48 bits per heavy atom. The van der Waals surface area contributed by atoms with Crippen LogP contribution in [0.15, 0.2) is 11.4 Å². The van der Waals surface area contributed by atoms with E-state index in [1.807, 2.05) is 0 Å². The topological polar surface area (TPSA) is 85.0 Å². The first-order valence-corrected chi connectivity index (χ1v) is 8.71. The van der Waals surface area contributed by atoms with Crippen LogP contribution in [0.25, 0.3) is 10.3 Å². The number of carbonyl (C=O) groups is 1. The number of rotatable bonds is 4. The van der Waals surface area contributed by atoms with Gasteiger partial charge in [0.05, 0.1) is 5.75 Å². The number of hydrogen-bond acceptors (Lipinski definition) is 7. The summed E-state index contributed by atoms with van der Waals surface area (Å²) in [4.78, 5) is 26.3. The number of hydrogen-bond donors (Lipinski definition) is 1. The number of piperidine rings is 1. The van der Waals surface area contributed by atoms with E-state index in [9.17, 15) is 4.79 Å². The fourth-order valence-electron chi connectivity index (χ4n) is 2.30. The minimum Gasteiger partial charge on any atom is -0.369 e. The summed E-state index contributed by atoms with van der Waals surface area (Å²) >= 11 is 2.94. The first-order valence-electron chi connectivity index (χ1n) is 6.91. The van der Waals surface area contributed by atoms with Gasteiger partial charge in [-0.15, -0.1) is 0 Å². The van der Waals surface area contributed by atoms with Gasteiger partial charge >= 0.3 is 0 Å². The van der Waals surface area contributed by atoms with E-state index in [1.165, 1.54) is 30.9 Å². The molecule has 0 radical (unpaired) electrons. The summed E-state index contributed by atoms with van der Waals surface area (Å²) in [5, 5.41) is 1.78. The summed E-state index contributed by atoms with van der Waals surface area (Å²) in [6.45, 7) is 4.37. The van der Waals surface area contributed by atoms with E-state index in [-0.39, 0.29) is 11.7 Å². The number of primary amides is 1. The summed E-state index contributed by atoms with van der Waals surface area (Å²) in [5.41, 5.74) is 5.90. The van der Waals surface area contributed by atoms with Gasteiger partial charge in [-0.3, -0.25) is 4.79 Å². The fraction of sp³-hybridized carbons (Fsp3) is 0.538. The molecule has 0 aromatic carbocycles. The quantitative estimate of drug-likeness (QED) is 0.683. The van der Waals surface area contributed by atoms with Crippen molar-refractivity contribution >= 4 is 44.5 Å². The van der Waals surface area contributed by atoms with Crippen LogP contribution < -0.4 is 10.6 Å². The molecule has 21 heavy (non-hydrogen) atoms. The van der Waals surface area contributed by atoms with Crippen molar-refractivity contribution in [1.29, 1.82) is 0 Å². The Labute approximate surface area is 131 Å². The maximum absolute atomic E-state index is 10.9. The molecule has 3 rings (SSSR count). The third-order valence-corrected chi connectivity index (χ3v) is 5.81. The number of thiazole rings is 1. The van der Waals surface area contributed by atoms with Crippen molar-refractivity contribution in [2.24, 2.45) is 11.7 Å². The molecule has 0 bridgehead atoms. The molecule has 1 aliphatic rings. The van der Waals surface area contributed by atoms with Crippen LogP contribution in [0.2, 0.25) is 0 Å². The van der Waals surface area contributed by atoms with Gasteiger partial charge in [0.15, 0.2) is 10.8 Å². The van der Waals surface area contributed by atoms with E-state index >= 15 is 0 Å². The zero-order valence-corrected chi connectivity index (χ0v) is 13.4. The van der Waals surface area contributed by atoms with E-state index in [4.69, 9.17) is 5.73 Å². The summed E-state index contributed by atoms with van der Waals surface area (Å²) < 4.78 is 0.942. The lowest BCUT2D eigenvalue weighted by Gasteiger charge is -2.29. The number of nitrogens with two attached hydrogens (primary N) is 1. The Kier molecular flexibility index (Phi) is 4.25. The van der Waals surface area contributed by atoms with E-state index in [0.717, 1.165) is 33.9 Å². The highest BCUT2D eigenvalue weighted by molar-refractivity contribution is 8.00. The molecule has 8 heteroatoms. The zero-order chi connectivity index (χ0) is 14.8. The van der Waals surface area contributed by atoms with E-state index < -0.39 is 0 Å². The molecule has 1 saturated heterocycles. The van der Waals surface area contributed by atoms with Crippen molar-refractivity contribution in [2.75, 3.05) is 23.7 Å². The Bertz CT molecular complexity index is 651. The minimum absolute atomic E-state index is 0.223. The molecule has 0 spiro atoms. The van der Waals surface area contributed by atoms with Crippen LogP contribution in [0.1, 0.15) is 19.8 Å². The van der Waals surface area contributed by atoms with Crippen LogP contribution in [-0.4, -0.2) is 39.7 Å². The van der Waals surface area contributed by atoms with Gasteiger partial charge in [0.2, 0.25) is 5.91 Å². The highest BCUT2D eigenvalue weighted by Gasteiger charge is 2.20. The van der Waals surface area contributed by atoms with E-state index in [1.54, 1.807) is 11.3 Å². The number of nitrogens with zero attached hydrogens (tertiary/aromatic N) is 4. The number of fused-ring (bicyclic) bond motifs is 1. The second-order valence-corrected chi connectivity index (χ2v) is 7.19. The molecule has 112 valence electrons. The molecule has 2 N–H and O–H groups in total. The lowest BCUT2D eigenvalue weighted by molar-refractivity contribution is -0.115. The molecule has 3 heterocycles. The normalized spacial score (nSPS) is 16.5. The van der Waals surface area contributed by atoms with E-state index in [2.05, 4.69) is 26.8 Å². The Hall–Kier alpha value is -1.41. The second kappa shape index (κ2) is 6.15. The highest BCUT2D eigenvalue weighted by atomic mass is 32.2. The first-order chi connectivity index (χ1) is 10.1. The van der Waals surface area contributed by atoms with Crippen LogP contribution in [0.4, 0.5) is 5.13 Å². The highest BCUT2D eigenvalue weighted by Crippen LogP contribution is 2.34. The molecule has 1 fully saturated rings. The number of anilines is 1. The molecule has 6 nitrogen and oxygen atoms in total. The van der Waals surface area contributed by atoms with Gasteiger partial charge < -0.3 is 10.6 Å². The molecule has 2 aromatic heterocycles. The smallest absolute Gasteiger partial charge is 0.227 e. The predicted molar refractivity (Wildman–Crippen MR) is 85.7 cm³/mol. The maximum Gasteiger partial charge on any atom is 0.227 e. The Morgan fingerprint density at radius 2 is 2.24 bits per heavy atom. The van der Waals surface area contributed by atoms with Gasteiger partial charge in [-0.05, 0) is 18.8 Å². The number of amides is 1. The van der Waals surface area contributed by atoms with Crippen LogP contribution in [0.5, 0.6) is 0 Å². The van der Waals surface area contributed by atoms with Crippen molar-refractivity contribution in [2.45, 2.75) is 24.8 Å². The van der Waals surface area contributed by atoms with Crippen LogP contribution >= 0.6 is 23.1 Å². The molecular formula is C13H17N5OS2. The van der Waals surface area contributed by atoms with Gasteiger partial charge in [-0.1, -0.05) is 30.0 Å². The van der Waals surface area contributed by atoms with E-state index in [0.29, 0.717) is 5.65 Å². The van der Waals surface area contributed by atoms with Crippen molar-refractivity contribution in [1.82, 2.24) is 15.0 Å². The van der Waals surface area contributed by atoms with Gasteiger partial charge in [0.25, 0.3) is 0 Å². The summed E-state index contributed by atoms with van der Waals surface area (Å²) in [7, 11) is 0. The second-order valence-electron chi connectivity index (χ2n) is 5.25.